The van der Waals surface area contributed by atoms with Crippen molar-refractivity contribution < 1.29 is 18.8 Å². The molecule has 0 aliphatic rings. The first-order valence-electron chi connectivity index (χ1n) is 9.08. The molecule has 0 N–H and O–H groups in total. The first-order valence-corrected chi connectivity index (χ1v) is 9.08. The fraction of sp³-hybridized carbons (Fsp3) is 0.200. The average molecular weight is 406 g/mol. The van der Waals surface area contributed by atoms with E-state index in [1.165, 1.54) is 4.80 Å². The molecule has 0 spiro atoms. The Morgan fingerprint density at radius 3 is 2.53 bits per heavy atom. The highest BCUT2D eigenvalue weighted by molar-refractivity contribution is 5.69. The van der Waals surface area contributed by atoms with Gasteiger partial charge in [0.25, 0.3) is 5.89 Å². The van der Waals surface area contributed by atoms with Crippen LogP contribution in [0.2, 0.25) is 0 Å². The van der Waals surface area contributed by atoms with Crippen molar-refractivity contribution in [3.63, 3.8) is 0 Å². The number of hydrogen-bond acceptors (Lipinski definition) is 9. The molecule has 0 aliphatic carbocycles. The van der Waals surface area contributed by atoms with E-state index in [0.717, 1.165) is 22.4 Å². The van der Waals surface area contributed by atoms with Crippen LogP contribution in [0.4, 0.5) is 0 Å². The molecule has 0 amide bonds. The van der Waals surface area contributed by atoms with Crippen molar-refractivity contribution >= 4 is 5.97 Å². The molecular weight excluding hydrogens is 388 g/mol. The summed E-state index contributed by atoms with van der Waals surface area (Å²) < 4.78 is 15.5. The van der Waals surface area contributed by atoms with E-state index >= 15 is 0 Å². The molecule has 0 saturated heterocycles. The lowest BCUT2D eigenvalue weighted by molar-refractivity contribution is -0.146. The highest BCUT2D eigenvalue weighted by Gasteiger charge is 2.13. The van der Waals surface area contributed by atoms with Crippen LogP contribution in [-0.2, 0) is 22.7 Å². The summed E-state index contributed by atoms with van der Waals surface area (Å²) in [7, 11) is 1.59. The van der Waals surface area contributed by atoms with Gasteiger partial charge in [-0.25, -0.2) is 4.79 Å². The topological polar surface area (TPSA) is 118 Å². The van der Waals surface area contributed by atoms with Gasteiger partial charge in [0.2, 0.25) is 11.6 Å². The third-order valence-electron chi connectivity index (χ3n) is 4.20. The molecule has 0 fully saturated rings. The lowest BCUT2D eigenvalue weighted by Gasteiger charge is -2.00. The molecular formula is C20H18N6O4. The van der Waals surface area contributed by atoms with Crippen molar-refractivity contribution in [3.8, 4) is 28.6 Å². The summed E-state index contributed by atoms with van der Waals surface area (Å²) in [6, 6.07) is 14.9. The van der Waals surface area contributed by atoms with E-state index in [2.05, 4.69) is 25.6 Å². The second-order valence-electron chi connectivity index (χ2n) is 6.41. The Hall–Kier alpha value is -4.08. The smallest absolute Gasteiger partial charge is 0.330 e. The number of methoxy groups -OCH3 is 1. The van der Waals surface area contributed by atoms with Crippen LogP contribution in [0.1, 0.15) is 11.4 Å². The Bertz CT molecular complexity index is 1130. The number of tetrazole rings is 1. The molecule has 0 bridgehead atoms. The fourth-order valence-corrected chi connectivity index (χ4v) is 2.60. The first-order chi connectivity index (χ1) is 14.6. The summed E-state index contributed by atoms with van der Waals surface area (Å²) >= 11 is 0. The molecule has 2 heterocycles. The highest BCUT2D eigenvalue weighted by atomic mass is 16.5. The van der Waals surface area contributed by atoms with Gasteiger partial charge in [0.1, 0.15) is 5.75 Å². The SMILES string of the molecule is COc1ccc(-c2nc(COC(=O)Cn3nnc(-c4ccc(C)cc4)n3)no2)cc1. The van der Waals surface area contributed by atoms with E-state index < -0.39 is 5.97 Å². The van der Waals surface area contributed by atoms with Gasteiger partial charge in [0, 0.05) is 11.1 Å². The minimum atomic E-state index is -0.543. The third kappa shape index (κ3) is 4.49. The van der Waals surface area contributed by atoms with E-state index in [1.54, 1.807) is 31.4 Å². The van der Waals surface area contributed by atoms with Crippen LogP contribution in [0.5, 0.6) is 5.75 Å². The van der Waals surface area contributed by atoms with Crippen molar-refractivity contribution in [3.05, 3.63) is 59.9 Å². The molecule has 0 atom stereocenters. The maximum atomic E-state index is 12.1. The summed E-state index contributed by atoms with van der Waals surface area (Å²) in [6.07, 6.45) is 0. The third-order valence-corrected chi connectivity index (χ3v) is 4.20. The molecule has 0 saturated carbocycles. The molecule has 4 aromatic rings. The van der Waals surface area contributed by atoms with Gasteiger partial charge in [-0.05, 0) is 36.4 Å². The van der Waals surface area contributed by atoms with E-state index in [9.17, 15) is 4.79 Å². The number of hydrogen-bond donors (Lipinski definition) is 0. The molecule has 30 heavy (non-hydrogen) atoms. The predicted molar refractivity (Wildman–Crippen MR) is 104 cm³/mol. The monoisotopic (exact) mass is 406 g/mol. The number of benzene rings is 2. The molecule has 10 nitrogen and oxygen atoms in total. The van der Waals surface area contributed by atoms with Gasteiger partial charge in [-0.1, -0.05) is 35.0 Å². The zero-order valence-electron chi connectivity index (χ0n) is 16.3. The summed E-state index contributed by atoms with van der Waals surface area (Å²) in [4.78, 5) is 17.5. The molecule has 4 rings (SSSR count). The summed E-state index contributed by atoms with van der Waals surface area (Å²) in [5.41, 5.74) is 2.68. The van der Waals surface area contributed by atoms with Crippen molar-refractivity contribution in [2.75, 3.05) is 7.11 Å². The van der Waals surface area contributed by atoms with E-state index in [4.69, 9.17) is 14.0 Å². The van der Waals surface area contributed by atoms with Gasteiger partial charge in [0.05, 0.1) is 7.11 Å². The molecule has 0 aliphatic heterocycles. The Balaban J connectivity index is 1.32. The van der Waals surface area contributed by atoms with Gasteiger partial charge in [-0.2, -0.15) is 9.78 Å². The van der Waals surface area contributed by atoms with Gasteiger partial charge in [-0.15, -0.1) is 10.2 Å². The van der Waals surface area contributed by atoms with Gasteiger partial charge in [-0.3, -0.25) is 0 Å². The number of aryl methyl sites for hydroxylation is 1. The Morgan fingerprint density at radius 2 is 1.80 bits per heavy atom. The van der Waals surface area contributed by atoms with Crippen LogP contribution >= 0.6 is 0 Å². The van der Waals surface area contributed by atoms with Crippen molar-refractivity contribution in [2.24, 2.45) is 0 Å². The van der Waals surface area contributed by atoms with E-state index in [-0.39, 0.29) is 19.0 Å². The minimum Gasteiger partial charge on any atom is -0.497 e. The number of ether oxygens (including phenoxy) is 2. The Kier molecular flexibility index (Phi) is 5.46. The molecule has 2 aromatic heterocycles. The highest BCUT2D eigenvalue weighted by Crippen LogP contribution is 2.20. The second-order valence-corrected chi connectivity index (χ2v) is 6.41. The van der Waals surface area contributed by atoms with Crippen molar-refractivity contribution in [1.29, 1.82) is 0 Å². The molecule has 2 aromatic carbocycles. The normalized spacial score (nSPS) is 10.7. The first kappa shape index (κ1) is 19.2. The number of rotatable bonds is 7. The molecule has 10 heteroatoms. The maximum Gasteiger partial charge on any atom is 0.330 e. The van der Waals surface area contributed by atoms with Crippen LogP contribution < -0.4 is 4.74 Å². The minimum absolute atomic E-state index is 0.127. The van der Waals surface area contributed by atoms with Crippen molar-refractivity contribution in [2.45, 2.75) is 20.1 Å². The van der Waals surface area contributed by atoms with Crippen LogP contribution in [0.3, 0.4) is 0 Å². The summed E-state index contributed by atoms with van der Waals surface area (Å²) in [5, 5.41) is 15.9. The largest absolute Gasteiger partial charge is 0.497 e. The number of carbonyl (C=O) groups excluding carboxylic acids is 1. The summed E-state index contributed by atoms with van der Waals surface area (Å²) in [6.45, 7) is 1.69. The molecule has 0 unspecified atom stereocenters. The van der Waals surface area contributed by atoms with Crippen LogP contribution in [-0.4, -0.2) is 43.4 Å². The van der Waals surface area contributed by atoms with Crippen LogP contribution in [0.25, 0.3) is 22.8 Å². The lowest BCUT2D eigenvalue weighted by atomic mass is 10.1. The van der Waals surface area contributed by atoms with E-state index in [0.29, 0.717) is 11.7 Å². The van der Waals surface area contributed by atoms with Gasteiger partial charge in [0.15, 0.2) is 13.2 Å². The van der Waals surface area contributed by atoms with Gasteiger partial charge < -0.3 is 14.0 Å². The number of aromatic nitrogens is 6. The second kappa shape index (κ2) is 8.52. The zero-order valence-corrected chi connectivity index (χ0v) is 16.3. The number of carbonyl (C=O) groups is 1. The Labute approximate surface area is 171 Å². The summed E-state index contributed by atoms with van der Waals surface area (Å²) in [5.74, 6) is 1.19. The van der Waals surface area contributed by atoms with E-state index in [1.807, 2.05) is 31.2 Å². The fourth-order valence-electron chi connectivity index (χ4n) is 2.60. The van der Waals surface area contributed by atoms with Crippen LogP contribution in [0, 0.1) is 6.92 Å². The predicted octanol–water partition coefficient (Wildman–Crippen LogP) is 2.45. The average Bonchev–Trinajstić information content (AvgIpc) is 3.43. The van der Waals surface area contributed by atoms with Crippen molar-refractivity contribution in [1.82, 2.24) is 30.3 Å². The lowest BCUT2D eigenvalue weighted by Crippen LogP contribution is -2.16. The Morgan fingerprint density at radius 1 is 1.07 bits per heavy atom. The number of nitrogens with zero attached hydrogens (tertiary/aromatic N) is 6. The molecule has 152 valence electrons. The van der Waals surface area contributed by atoms with Crippen LogP contribution in [0.15, 0.2) is 53.1 Å². The number of esters is 1. The molecule has 0 radical (unpaired) electrons. The van der Waals surface area contributed by atoms with Gasteiger partial charge >= 0.3 is 5.97 Å². The quantitative estimate of drug-likeness (QED) is 0.426. The zero-order chi connectivity index (χ0) is 20.9. The maximum absolute atomic E-state index is 12.1. The standard InChI is InChI=1S/C20H18N6O4/c1-13-3-5-14(6-4-13)19-22-25-26(23-19)11-18(27)29-12-17-21-20(30-24-17)15-7-9-16(28-2)10-8-15/h3-10H,11-12H2,1-2H3.